The van der Waals surface area contributed by atoms with E-state index >= 15 is 0 Å². The molecule has 0 radical (unpaired) electrons. The average molecular weight is 297 g/mol. The van der Waals surface area contributed by atoms with Crippen molar-refractivity contribution >= 4 is 27.4 Å². The molecule has 3 aromatic rings. The molecule has 2 N–H and O–H groups in total. The Kier molecular flexibility index (Phi) is 2.65. The maximum absolute atomic E-state index is 12.8. The van der Waals surface area contributed by atoms with Crippen molar-refractivity contribution in [1.82, 2.24) is 9.55 Å². The van der Waals surface area contributed by atoms with Gasteiger partial charge in [-0.05, 0) is 31.9 Å². The molecule has 21 heavy (non-hydrogen) atoms. The lowest BCUT2D eigenvalue weighted by molar-refractivity contribution is 0.767. The molecule has 1 fully saturated rings. The number of aryl methyl sites for hydroxylation is 1. The van der Waals surface area contributed by atoms with Crippen molar-refractivity contribution in [3.63, 3.8) is 0 Å². The molecule has 0 atom stereocenters. The summed E-state index contributed by atoms with van der Waals surface area (Å²) >= 11 is 1.36. The van der Waals surface area contributed by atoms with E-state index in [1.165, 1.54) is 24.2 Å². The topological polar surface area (TPSA) is 60.9 Å². The van der Waals surface area contributed by atoms with Gasteiger partial charge in [-0.1, -0.05) is 11.6 Å². The van der Waals surface area contributed by atoms with Gasteiger partial charge in [0.15, 0.2) is 10.6 Å². The zero-order valence-electron chi connectivity index (χ0n) is 11.7. The molecule has 5 heteroatoms. The fourth-order valence-corrected chi connectivity index (χ4v) is 3.28. The quantitative estimate of drug-likeness (QED) is 0.789. The maximum Gasteiger partial charge on any atom is 0.198 e. The van der Waals surface area contributed by atoms with Gasteiger partial charge in [-0.3, -0.25) is 4.79 Å². The predicted octanol–water partition coefficient (Wildman–Crippen LogP) is 3.35. The van der Waals surface area contributed by atoms with Gasteiger partial charge in [-0.25, -0.2) is 4.98 Å². The molecule has 0 amide bonds. The molecule has 0 spiro atoms. The first-order valence-electron chi connectivity index (χ1n) is 7.00. The van der Waals surface area contributed by atoms with E-state index in [1.54, 1.807) is 0 Å². The molecule has 0 unspecified atom stereocenters. The van der Waals surface area contributed by atoms with Crippen molar-refractivity contribution < 1.29 is 0 Å². The van der Waals surface area contributed by atoms with E-state index in [0.717, 1.165) is 16.5 Å². The van der Waals surface area contributed by atoms with Gasteiger partial charge >= 0.3 is 0 Å². The minimum absolute atomic E-state index is 0.0379. The molecule has 0 saturated heterocycles. The maximum atomic E-state index is 12.8. The summed E-state index contributed by atoms with van der Waals surface area (Å²) in [7, 11) is 0. The van der Waals surface area contributed by atoms with Gasteiger partial charge in [0.1, 0.15) is 0 Å². The lowest BCUT2D eigenvalue weighted by atomic mass is 10.1. The van der Waals surface area contributed by atoms with Crippen LogP contribution in [0, 0.1) is 6.92 Å². The van der Waals surface area contributed by atoms with E-state index < -0.39 is 0 Å². The van der Waals surface area contributed by atoms with Gasteiger partial charge in [0.05, 0.1) is 16.8 Å². The number of hydrogen-bond acceptors (Lipinski definition) is 4. The second kappa shape index (κ2) is 4.43. The van der Waals surface area contributed by atoms with Gasteiger partial charge in [0, 0.05) is 23.0 Å². The summed E-state index contributed by atoms with van der Waals surface area (Å²) in [4.78, 5) is 17.1. The molecule has 106 valence electrons. The van der Waals surface area contributed by atoms with Crippen LogP contribution in [0.2, 0.25) is 0 Å². The number of rotatable bonds is 2. The predicted molar refractivity (Wildman–Crippen MR) is 86.7 cm³/mol. The number of pyridine rings is 1. The molecule has 0 bridgehead atoms. The van der Waals surface area contributed by atoms with Crippen LogP contribution in [0.15, 0.2) is 34.6 Å². The molecule has 1 saturated carbocycles. The molecular weight excluding hydrogens is 282 g/mol. The number of fused-ring (bicyclic) bond motifs is 1. The molecule has 1 aliphatic rings. The molecule has 1 aliphatic carbocycles. The van der Waals surface area contributed by atoms with E-state index in [2.05, 4.69) is 15.6 Å². The minimum atomic E-state index is 0.0379. The first kappa shape index (κ1) is 12.6. The average Bonchev–Trinajstić information content (AvgIpc) is 3.22. The number of nitrogens with two attached hydrogens (primary N) is 1. The van der Waals surface area contributed by atoms with Crippen LogP contribution in [0.1, 0.15) is 24.4 Å². The standard InChI is InChI=1S/C16H15N3OS/c1-9-2-5-14-11(6-9)15(20)12(7-19(14)10-3-4-10)13-8-21-16(17)18-13/h2,5-8,10H,3-4H2,1H3,(H2,17,18). The molecule has 2 heterocycles. The summed E-state index contributed by atoms with van der Waals surface area (Å²) in [5, 5.41) is 3.11. The number of aromatic nitrogens is 2. The fraction of sp³-hybridized carbons (Fsp3) is 0.250. The summed E-state index contributed by atoms with van der Waals surface area (Å²) in [5.74, 6) is 0. The molecule has 2 aromatic heterocycles. The summed E-state index contributed by atoms with van der Waals surface area (Å²) in [5.41, 5.74) is 9.18. The fourth-order valence-electron chi connectivity index (χ4n) is 2.72. The van der Waals surface area contributed by atoms with Crippen LogP contribution in [-0.4, -0.2) is 9.55 Å². The van der Waals surface area contributed by atoms with Crippen molar-refractivity contribution in [1.29, 1.82) is 0 Å². The van der Waals surface area contributed by atoms with Crippen LogP contribution < -0.4 is 11.2 Å². The Hall–Kier alpha value is -2.14. The second-order valence-electron chi connectivity index (χ2n) is 5.60. The van der Waals surface area contributed by atoms with Crippen LogP contribution in [-0.2, 0) is 0 Å². The van der Waals surface area contributed by atoms with Crippen molar-refractivity contribution in [3.05, 3.63) is 45.6 Å². The Morgan fingerprint density at radius 2 is 2.19 bits per heavy atom. The third kappa shape index (κ3) is 2.05. The van der Waals surface area contributed by atoms with Crippen molar-refractivity contribution in [2.45, 2.75) is 25.8 Å². The van der Waals surface area contributed by atoms with Gasteiger partial charge in [-0.15, -0.1) is 11.3 Å². The summed E-state index contributed by atoms with van der Waals surface area (Å²) in [6, 6.07) is 6.58. The van der Waals surface area contributed by atoms with Gasteiger partial charge in [0.2, 0.25) is 0 Å². The minimum Gasteiger partial charge on any atom is -0.375 e. The SMILES string of the molecule is Cc1ccc2c(c1)c(=O)c(-c1csc(N)n1)cn2C1CC1. The van der Waals surface area contributed by atoms with Crippen LogP contribution in [0.25, 0.3) is 22.2 Å². The smallest absolute Gasteiger partial charge is 0.198 e. The van der Waals surface area contributed by atoms with Crippen molar-refractivity contribution in [2.75, 3.05) is 5.73 Å². The van der Waals surface area contributed by atoms with Crippen molar-refractivity contribution in [3.8, 4) is 11.3 Å². The zero-order chi connectivity index (χ0) is 14.6. The van der Waals surface area contributed by atoms with Gasteiger partial charge < -0.3 is 10.3 Å². The normalized spacial score (nSPS) is 14.7. The largest absolute Gasteiger partial charge is 0.375 e. The summed E-state index contributed by atoms with van der Waals surface area (Å²) < 4.78 is 2.22. The highest BCUT2D eigenvalue weighted by Gasteiger charge is 2.26. The van der Waals surface area contributed by atoms with Crippen LogP contribution in [0.4, 0.5) is 5.13 Å². The summed E-state index contributed by atoms with van der Waals surface area (Å²) in [6.07, 6.45) is 4.29. The Morgan fingerprint density at radius 1 is 1.38 bits per heavy atom. The Bertz CT molecular complexity index is 906. The Morgan fingerprint density at radius 3 is 2.86 bits per heavy atom. The van der Waals surface area contributed by atoms with E-state index in [0.29, 0.717) is 22.4 Å². The third-order valence-electron chi connectivity index (χ3n) is 3.93. The van der Waals surface area contributed by atoms with E-state index in [9.17, 15) is 4.79 Å². The van der Waals surface area contributed by atoms with Crippen LogP contribution in [0.5, 0.6) is 0 Å². The zero-order valence-corrected chi connectivity index (χ0v) is 12.5. The molecule has 0 aliphatic heterocycles. The van der Waals surface area contributed by atoms with E-state index in [-0.39, 0.29) is 5.43 Å². The third-order valence-corrected chi connectivity index (χ3v) is 4.60. The molecule has 4 nitrogen and oxygen atoms in total. The van der Waals surface area contributed by atoms with Crippen LogP contribution in [0.3, 0.4) is 0 Å². The first-order chi connectivity index (χ1) is 10.1. The number of nitrogen functional groups attached to an aromatic ring is 1. The number of nitrogens with zero attached hydrogens (tertiary/aromatic N) is 2. The molecule has 4 rings (SSSR count). The summed E-state index contributed by atoms with van der Waals surface area (Å²) in [6.45, 7) is 2.01. The van der Waals surface area contributed by atoms with E-state index in [4.69, 9.17) is 5.73 Å². The number of anilines is 1. The highest BCUT2D eigenvalue weighted by Crippen LogP contribution is 2.38. The Labute approximate surface area is 125 Å². The molecule has 1 aromatic carbocycles. The lowest BCUT2D eigenvalue weighted by Crippen LogP contribution is -2.12. The number of benzene rings is 1. The second-order valence-corrected chi connectivity index (χ2v) is 6.49. The monoisotopic (exact) mass is 297 g/mol. The van der Waals surface area contributed by atoms with Gasteiger partial charge in [-0.2, -0.15) is 0 Å². The number of thiazole rings is 1. The highest BCUT2D eigenvalue weighted by molar-refractivity contribution is 7.13. The van der Waals surface area contributed by atoms with Crippen LogP contribution >= 0.6 is 11.3 Å². The number of hydrogen-bond donors (Lipinski definition) is 1. The van der Waals surface area contributed by atoms with E-state index in [1.807, 2.05) is 30.6 Å². The van der Waals surface area contributed by atoms with Gasteiger partial charge in [0.25, 0.3) is 0 Å². The first-order valence-corrected chi connectivity index (χ1v) is 7.88. The molecular formula is C16H15N3OS. The van der Waals surface area contributed by atoms with Crippen molar-refractivity contribution in [2.24, 2.45) is 0 Å². The highest BCUT2D eigenvalue weighted by atomic mass is 32.1. The lowest BCUT2D eigenvalue weighted by Gasteiger charge is -2.12. The Balaban J connectivity index is 2.07.